The van der Waals surface area contributed by atoms with Crippen LogP contribution < -0.4 is 22.2 Å². The molecule has 0 fully saturated rings. The first-order valence-corrected chi connectivity index (χ1v) is 9.34. The smallest absolute Gasteiger partial charge is 0.266 e. The fourth-order valence-electron chi connectivity index (χ4n) is 3.84. The van der Waals surface area contributed by atoms with Gasteiger partial charge in [0.05, 0.1) is 27.2 Å². The molecular weight excluding hydrogens is 356 g/mol. The molecule has 0 aliphatic rings. The molecule has 0 N–H and O–H groups in total. The van der Waals surface area contributed by atoms with Crippen LogP contribution in [0.25, 0.3) is 27.2 Å². The Balaban J connectivity index is 2.12. The summed E-state index contributed by atoms with van der Waals surface area (Å²) in [6.45, 7) is 5.73. The van der Waals surface area contributed by atoms with Gasteiger partial charge in [-0.15, -0.1) is 0 Å². The fourth-order valence-corrected chi connectivity index (χ4v) is 3.84. The number of aromatic nitrogens is 2. The van der Waals surface area contributed by atoms with E-state index in [1.165, 1.54) is 16.7 Å². The standard InChI is InChI=1S/C22H20N2O4/c1-4-22(3,5-2)24-20(27)16-11-14-15(12-17(16)21(24)28)19(26)23(18(14)25)13-9-7-6-8-10-13/h6-12H,4-5H2,1-3H3. The summed E-state index contributed by atoms with van der Waals surface area (Å²) in [6, 6.07) is 11.4. The number of benzene rings is 2. The number of rotatable bonds is 4. The van der Waals surface area contributed by atoms with Crippen LogP contribution in [0.4, 0.5) is 0 Å². The van der Waals surface area contributed by atoms with E-state index in [2.05, 4.69) is 0 Å². The zero-order valence-electron chi connectivity index (χ0n) is 16.0. The maximum atomic E-state index is 13.0. The summed E-state index contributed by atoms with van der Waals surface area (Å²) in [5, 5.41) is 0.691. The number of fused-ring (bicyclic) bond motifs is 2. The molecule has 6 nitrogen and oxygen atoms in total. The van der Waals surface area contributed by atoms with Crippen molar-refractivity contribution in [3.8, 4) is 5.69 Å². The normalized spacial score (nSPS) is 12.2. The van der Waals surface area contributed by atoms with Gasteiger partial charge in [0.2, 0.25) is 0 Å². The van der Waals surface area contributed by atoms with Crippen molar-refractivity contribution in [1.82, 2.24) is 9.13 Å². The third-order valence-corrected chi connectivity index (χ3v) is 5.97. The molecule has 2 aromatic heterocycles. The molecule has 6 heteroatoms. The highest BCUT2D eigenvalue weighted by atomic mass is 16.2. The maximum Gasteiger partial charge on any atom is 0.266 e. The zero-order chi connectivity index (χ0) is 20.2. The van der Waals surface area contributed by atoms with Gasteiger partial charge in [0.25, 0.3) is 22.2 Å². The molecule has 0 aliphatic carbocycles. The van der Waals surface area contributed by atoms with Gasteiger partial charge in [-0.25, -0.2) is 4.57 Å². The molecule has 2 heterocycles. The van der Waals surface area contributed by atoms with Crippen molar-refractivity contribution in [2.75, 3.05) is 0 Å². The molecule has 2 aromatic carbocycles. The van der Waals surface area contributed by atoms with E-state index in [-0.39, 0.29) is 21.5 Å². The largest absolute Gasteiger partial charge is 0.269 e. The lowest BCUT2D eigenvalue weighted by Crippen LogP contribution is -2.42. The average molecular weight is 376 g/mol. The summed E-state index contributed by atoms with van der Waals surface area (Å²) >= 11 is 0. The molecule has 0 amide bonds. The van der Waals surface area contributed by atoms with Gasteiger partial charge in [0, 0.05) is 5.54 Å². The van der Waals surface area contributed by atoms with Crippen molar-refractivity contribution in [3.63, 3.8) is 0 Å². The topological polar surface area (TPSA) is 78.1 Å². The van der Waals surface area contributed by atoms with E-state index < -0.39 is 27.8 Å². The Bertz CT molecular complexity index is 1330. The number of para-hydroxylation sites is 1. The van der Waals surface area contributed by atoms with Gasteiger partial charge in [-0.1, -0.05) is 32.0 Å². The Morgan fingerprint density at radius 2 is 1.14 bits per heavy atom. The highest BCUT2D eigenvalue weighted by molar-refractivity contribution is 5.98. The quantitative estimate of drug-likeness (QED) is 0.548. The molecule has 28 heavy (non-hydrogen) atoms. The van der Waals surface area contributed by atoms with Crippen LogP contribution in [-0.2, 0) is 5.54 Å². The molecule has 0 aliphatic heterocycles. The summed E-state index contributed by atoms with van der Waals surface area (Å²) in [6.07, 6.45) is 1.24. The first kappa shape index (κ1) is 18.1. The molecule has 0 saturated heterocycles. The van der Waals surface area contributed by atoms with Crippen LogP contribution in [0, 0.1) is 0 Å². The molecule has 0 unspecified atom stereocenters. The number of hydrogen-bond donors (Lipinski definition) is 0. The van der Waals surface area contributed by atoms with E-state index in [0.717, 1.165) is 4.57 Å². The predicted molar refractivity (Wildman–Crippen MR) is 110 cm³/mol. The highest BCUT2D eigenvalue weighted by Gasteiger charge is 2.29. The van der Waals surface area contributed by atoms with Crippen LogP contribution in [0.5, 0.6) is 0 Å². The summed E-state index contributed by atoms with van der Waals surface area (Å²) in [4.78, 5) is 51.8. The van der Waals surface area contributed by atoms with Crippen molar-refractivity contribution in [2.24, 2.45) is 0 Å². The van der Waals surface area contributed by atoms with Crippen LogP contribution in [0.1, 0.15) is 33.6 Å². The predicted octanol–water partition coefficient (Wildman–Crippen LogP) is 2.44. The number of hydrogen-bond acceptors (Lipinski definition) is 4. The lowest BCUT2D eigenvalue weighted by atomic mass is 9.95. The van der Waals surface area contributed by atoms with E-state index >= 15 is 0 Å². The van der Waals surface area contributed by atoms with Gasteiger partial charge in [-0.3, -0.25) is 23.7 Å². The van der Waals surface area contributed by atoms with Crippen LogP contribution in [-0.4, -0.2) is 9.13 Å². The first-order valence-electron chi connectivity index (χ1n) is 9.34. The van der Waals surface area contributed by atoms with Crippen molar-refractivity contribution in [2.45, 2.75) is 39.2 Å². The molecule has 0 saturated carbocycles. The third kappa shape index (κ3) is 2.27. The lowest BCUT2D eigenvalue weighted by Gasteiger charge is -2.27. The van der Waals surface area contributed by atoms with Gasteiger partial charge < -0.3 is 0 Å². The fraction of sp³-hybridized carbons (Fsp3) is 0.273. The molecule has 4 rings (SSSR count). The Morgan fingerprint density at radius 1 is 0.714 bits per heavy atom. The molecule has 0 bridgehead atoms. The number of nitrogens with zero attached hydrogens (tertiary/aromatic N) is 2. The maximum absolute atomic E-state index is 13.0. The van der Waals surface area contributed by atoms with E-state index in [0.29, 0.717) is 18.5 Å². The second kappa shape index (κ2) is 6.12. The summed E-state index contributed by atoms with van der Waals surface area (Å²) < 4.78 is 2.35. The Morgan fingerprint density at radius 3 is 1.57 bits per heavy atom. The second-order valence-corrected chi connectivity index (χ2v) is 7.37. The Kier molecular flexibility index (Phi) is 3.96. The molecule has 0 atom stereocenters. The van der Waals surface area contributed by atoms with E-state index in [1.54, 1.807) is 30.3 Å². The molecule has 142 valence electrons. The van der Waals surface area contributed by atoms with Crippen molar-refractivity contribution in [1.29, 1.82) is 0 Å². The summed E-state index contributed by atoms with van der Waals surface area (Å²) in [5.74, 6) is 0. The van der Waals surface area contributed by atoms with Gasteiger partial charge in [-0.2, -0.15) is 0 Å². The van der Waals surface area contributed by atoms with Crippen LogP contribution in [0.3, 0.4) is 0 Å². The molecular formula is C22H20N2O4. The minimum absolute atomic E-state index is 0.158. The van der Waals surface area contributed by atoms with Crippen molar-refractivity contribution >= 4 is 21.5 Å². The van der Waals surface area contributed by atoms with Crippen LogP contribution >= 0.6 is 0 Å². The van der Waals surface area contributed by atoms with E-state index in [1.807, 2.05) is 20.8 Å². The SMILES string of the molecule is CCC(C)(CC)n1c(=O)c2cc3c(=O)n(-c4ccccc4)c(=O)c3cc2c1=O. The van der Waals surface area contributed by atoms with E-state index in [9.17, 15) is 19.2 Å². The van der Waals surface area contributed by atoms with Gasteiger partial charge in [-0.05, 0) is 44.0 Å². The van der Waals surface area contributed by atoms with Crippen molar-refractivity contribution < 1.29 is 0 Å². The second-order valence-electron chi connectivity index (χ2n) is 7.37. The molecule has 0 radical (unpaired) electrons. The van der Waals surface area contributed by atoms with Gasteiger partial charge in [0.15, 0.2) is 0 Å². The van der Waals surface area contributed by atoms with Crippen LogP contribution in [0.15, 0.2) is 61.6 Å². The minimum Gasteiger partial charge on any atom is -0.269 e. The third-order valence-electron chi connectivity index (χ3n) is 5.97. The van der Waals surface area contributed by atoms with Crippen LogP contribution in [0.2, 0.25) is 0 Å². The Labute approximate surface area is 160 Å². The molecule has 4 aromatic rings. The first-order chi connectivity index (χ1) is 13.3. The van der Waals surface area contributed by atoms with E-state index in [4.69, 9.17) is 0 Å². The van der Waals surface area contributed by atoms with Gasteiger partial charge >= 0.3 is 0 Å². The highest BCUT2D eigenvalue weighted by Crippen LogP contribution is 2.24. The zero-order valence-corrected chi connectivity index (χ0v) is 16.0. The summed E-state index contributed by atoms with van der Waals surface area (Å²) in [5.41, 5.74) is -1.94. The average Bonchev–Trinajstić information content (AvgIpc) is 3.11. The molecule has 0 spiro atoms. The van der Waals surface area contributed by atoms with Crippen molar-refractivity contribution in [3.05, 3.63) is 83.9 Å². The Hall–Kier alpha value is -3.28. The summed E-state index contributed by atoms with van der Waals surface area (Å²) in [7, 11) is 0. The lowest BCUT2D eigenvalue weighted by molar-refractivity contribution is 0.282. The monoisotopic (exact) mass is 376 g/mol. The van der Waals surface area contributed by atoms with Gasteiger partial charge in [0.1, 0.15) is 0 Å². The minimum atomic E-state index is -0.609.